The highest BCUT2D eigenvalue weighted by Gasteiger charge is 2.36. The van der Waals surface area contributed by atoms with Crippen LogP contribution in [0.4, 0.5) is 0 Å². The molecule has 0 radical (unpaired) electrons. The third-order valence-corrected chi connectivity index (χ3v) is 5.07. The zero-order chi connectivity index (χ0) is 12.4. The maximum absolute atomic E-state index is 3.79. The first-order valence-corrected chi connectivity index (χ1v) is 8.29. The average molecular weight is 264 g/mol. The molecule has 1 saturated carbocycles. The van der Waals surface area contributed by atoms with E-state index in [0.29, 0.717) is 0 Å². The minimum Gasteiger partial charge on any atom is -0.311 e. The summed E-state index contributed by atoms with van der Waals surface area (Å²) in [5, 5.41) is 8.29. The van der Waals surface area contributed by atoms with E-state index in [1.807, 2.05) is 11.3 Å². The molecular weight excluding hydrogens is 240 g/mol. The van der Waals surface area contributed by atoms with E-state index in [1.54, 1.807) is 0 Å². The van der Waals surface area contributed by atoms with Crippen molar-refractivity contribution < 1.29 is 0 Å². The number of thiophene rings is 1. The maximum atomic E-state index is 3.79. The molecule has 2 aliphatic rings. The second kappa shape index (κ2) is 5.72. The van der Waals surface area contributed by atoms with Crippen LogP contribution in [0, 0.1) is 5.92 Å². The van der Waals surface area contributed by atoms with E-state index in [2.05, 4.69) is 34.0 Å². The van der Waals surface area contributed by atoms with Crippen molar-refractivity contribution in [3.05, 3.63) is 22.4 Å². The van der Waals surface area contributed by atoms with Crippen LogP contribution in [0.1, 0.15) is 38.2 Å². The molecule has 3 rings (SSSR count). The van der Waals surface area contributed by atoms with E-state index in [4.69, 9.17) is 0 Å². The molecule has 2 heterocycles. The second-order valence-corrected chi connectivity index (χ2v) is 6.64. The molecule has 1 aliphatic heterocycles. The second-order valence-electron chi connectivity index (χ2n) is 5.86. The topological polar surface area (TPSA) is 15.3 Å². The number of hydrogen-bond donors (Lipinski definition) is 1. The summed E-state index contributed by atoms with van der Waals surface area (Å²) in [4.78, 5) is 2.73. The summed E-state index contributed by atoms with van der Waals surface area (Å²) in [7, 11) is 0. The van der Waals surface area contributed by atoms with Crippen molar-refractivity contribution in [2.24, 2.45) is 5.92 Å². The summed E-state index contributed by atoms with van der Waals surface area (Å²) in [6.45, 7) is 5.90. The standard InChI is InChI=1S/C15H24N2S/c1-2-3-14-8-16-15(13-4-5-13)10-17(14)9-12-6-7-18-11-12/h6-7,11,13-16H,2-5,8-10H2,1H3. The first-order valence-electron chi connectivity index (χ1n) is 7.35. The molecule has 0 bridgehead atoms. The Kier molecular flexibility index (Phi) is 4.02. The van der Waals surface area contributed by atoms with Gasteiger partial charge in [-0.05, 0) is 47.6 Å². The van der Waals surface area contributed by atoms with Gasteiger partial charge in [0.1, 0.15) is 0 Å². The van der Waals surface area contributed by atoms with Crippen LogP contribution in [0.2, 0.25) is 0 Å². The summed E-state index contributed by atoms with van der Waals surface area (Å²) >= 11 is 1.82. The highest BCUT2D eigenvalue weighted by Crippen LogP contribution is 2.34. The van der Waals surface area contributed by atoms with Gasteiger partial charge in [-0.1, -0.05) is 13.3 Å². The highest BCUT2D eigenvalue weighted by molar-refractivity contribution is 7.07. The van der Waals surface area contributed by atoms with E-state index in [1.165, 1.54) is 44.3 Å². The van der Waals surface area contributed by atoms with E-state index >= 15 is 0 Å². The molecule has 100 valence electrons. The zero-order valence-electron chi connectivity index (χ0n) is 11.3. The van der Waals surface area contributed by atoms with Gasteiger partial charge >= 0.3 is 0 Å². The lowest BCUT2D eigenvalue weighted by atomic mass is 10.0. The van der Waals surface area contributed by atoms with Gasteiger partial charge in [-0.15, -0.1) is 0 Å². The number of nitrogens with one attached hydrogen (secondary N) is 1. The van der Waals surface area contributed by atoms with Gasteiger partial charge in [0.15, 0.2) is 0 Å². The third-order valence-electron chi connectivity index (χ3n) is 4.34. The summed E-state index contributed by atoms with van der Waals surface area (Å²) in [5.74, 6) is 0.970. The van der Waals surface area contributed by atoms with Gasteiger partial charge in [0.25, 0.3) is 0 Å². The summed E-state index contributed by atoms with van der Waals surface area (Å²) in [6.07, 6.45) is 5.51. The first kappa shape index (κ1) is 12.6. The molecule has 18 heavy (non-hydrogen) atoms. The Balaban J connectivity index is 1.64. The smallest absolute Gasteiger partial charge is 0.0246 e. The van der Waals surface area contributed by atoms with E-state index in [0.717, 1.165) is 24.5 Å². The fraction of sp³-hybridized carbons (Fsp3) is 0.733. The molecule has 1 N–H and O–H groups in total. The largest absolute Gasteiger partial charge is 0.311 e. The molecule has 1 aliphatic carbocycles. The van der Waals surface area contributed by atoms with Gasteiger partial charge in [-0.2, -0.15) is 11.3 Å². The zero-order valence-corrected chi connectivity index (χ0v) is 12.1. The Morgan fingerprint density at radius 3 is 3.00 bits per heavy atom. The summed E-state index contributed by atoms with van der Waals surface area (Å²) in [5.41, 5.74) is 1.50. The molecule has 0 aromatic carbocycles. The molecule has 1 aromatic rings. The molecule has 3 heteroatoms. The average Bonchev–Trinajstić information content (AvgIpc) is 3.11. The molecule has 2 fully saturated rings. The number of rotatable bonds is 5. The summed E-state index contributed by atoms with van der Waals surface area (Å²) in [6, 6.07) is 3.78. The van der Waals surface area contributed by atoms with Crippen molar-refractivity contribution in [3.63, 3.8) is 0 Å². The summed E-state index contributed by atoms with van der Waals surface area (Å²) < 4.78 is 0. The van der Waals surface area contributed by atoms with Crippen molar-refractivity contribution in [1.29, 1.82) is 0 Å². The fourth-order valence-electron chi connectivity index (χ4n) is 3.13. The molecule has 0 amide bonds. The van der Waals surface area contributed by atoms with Crippen molar-refractivity contribution in [2.75, 3.05) is 13.1 Å². The van der Waals surface area contributed by atoms with Gasteiger partial charge in [0.2, 0.25) is 0 Å². The minimum atomic E-state index is 0.741. The normalized spacial score (nSPS) is 29.6. The Morgan fingerprint density at radius 2 is 2.33 bits per heavy atom. The predicted octanol–water partition coefficient (Wildman–Crippen LogP) is 3.10. The van der Waals surface area contributed by atoms with Gasteiger partial charge in [0.05, 0.1) is 0 Å². The Morgan fingerprint density at radius 1 is 1.44 bits per heavy atom. The van der Waals surface area contributed by atoms with Crippen LogP contribution in [0.3, 0.4) is 0 Å². The van der Waals surface area contributed by atoms with Gasteiger partial charge in [0, 0.05) is 31.7 Å². The van der Waals surface area contributed by atoms with E-state index < -0.39 is 0 Å². The van der Waals surface area contributed by atoms with Gasteiger partial charge < -0.3 is 5.32 Å². The third kappa shape index (κ3) is 2.95. The predicted molar refractivity (Wildman–Crippen MR) is 77.9 cm³/mol. The van der Waals surface area contributed by atoms with Crippen LogP contribution in [-0.4, -0.2) is 30.1 Å². The molecule has 1 aromatic heterocycles. The van der Waals surface area contributed by atoms with E-state index in [9.17, 15) is 0 Å². The fourth-order valence-corrected chi connectivity index (χ4v) is 3.79. The van der Waals surface area contributed by atoms with Crippen molar-refractivity contribution in [1.82, 2.24) is 10.2 Å². The van der Waals surface area contributed by atoms with Crippen LogP contribution in [0.5, 0.6) is 0 Å². The van der Waals surface area contributed by atoms with Crippen molar-refractivity contribution in [2.45, 2.75) is 51.2 Å². The van der Waals surface area contributed by atoms with Crippen molar-refractivity contribution in [3.8, 4) is 0 Å². The lowest BCUT2D eigenvalue weighted by molar-refractivity contribution is 0.108. The lowest BCUT2D eigenvalue weighted by Crippen LogP contribution is -2.56. The van der Waals surface area contributed by atoms with E-state index in [-0.39, 0.29) is 0 Å². The van der Waals surface area contributed by atoms with Crippen LogP contribution in [0.15, 0.2) is 16.8 Å². The monoisotopic (exact) mass is 264 g/mol. The molecule has 2 unspecified atom stereocenters. The molecular formula is C15H24N2S. The molecule has 2 atom stereocenters. The molecule has 1 saturated heterocycles. The number of piperazine rings is 1. The Labute approximate surface area is 114 Å². The lowest BCUT2D eigenvalue weighted by Gasteiger charge is -2.40. The highest BCUT2D eigenvalue weighted by atomic mass is 32.1. The first-order chi connectivity index (χ1) is 8.86. The van der Waals surface area contributed by atoms with Crippen LogP contribution in [0.25, 0.3) is 0 Å². The van der Waals surface area contributed by atoms with Crippen LogP contribution < -0.4 is 5.32 Å². The van der Waals surface area contributed by atoms with Crippen molar-refractivity contribution >= 4 is 11.3 Å². The van der Waals surface area contributed by atoms with Gasteiger partial charge in [-0.3, -0.25) is 4.90 Å². The number of nitrogens with zero attached hydrogens (tertiary/aromatic N) is 1. The maximum Gasteiger partial charge on any atom is 0.0246 e. The Bertz CT molecular complexity index is 359. The molecule has 0 spiro atoms. The minimum absolute atomic E-state index is 0.741. The Hall–Kier alpha value is -0.380. The number of hydrogen-bond acceptors (Lipinski definition) is 3. The van der Waals surface area contributed by atoms with Crippen LogP contribution in [-0.2, 0) is 6.54 Å². The van der Waals surface area contributed by atoms with Gasteiger partial charge in [-0.25, -0.2) is 0 Å². The SMILES string of the molecule is CCCC1CNC(C2CC2)CN1Cc1ccsc1. The quantitative estimate of drug-likeness (QED) is 0.879. The molecule has 2 nitrogen and oxygen atoms in total. The van der Waals surface area contributed by atoms with Crippen LogP contribution >= 0.6 is 11.3 Å².